The quantitative estimate of drug-likeness (QED) is 0.686. The maximum atomic E-state index is 5.64. The van der Waals surface area contributed by atoms with E-state index >= 15 is 0 Å². The van der Waals surface area contributed by atoms with Crippen molar-refractivity contribution in [2.45, 2.75) is 13.3 Å². The molecular weight excluding hydrogens is 223 g/mol. The molecule has 1 rings (SSSR count). The average Bonchev–Trinajstić information content (AvgIpc) is 1.99. The molecule has 1 aromatic rings. The summed E-state index contributed by atoms with van der Waals surface area (Å²) in [5, 5.41) is 0. The van der Waals surface area contributed by atoms with Gasteiger partial charge in [0.25, 0.3) is 0 Å². The van der Waals surface area contributed by atoms with Gasteiger partial charge in [0.1, 0.15) is 0 Å². The van der Waals surface area contributed by atoms with Crippen molar-refractivity contribution in [2.24, 2.45) is 0 Å². The number of hydrogen-bond donors (Lipinski definition) is 0. The highest BCUT2D eigenvalue weighted by molar-refractivity contribution is 9.10. The molecule has 2 heteroatoms. The van der Waals surface area contributed by atoms with Crippen LogP contribution in [-0.2, 0) is 6.42 Å². The van der Waals surface area contributed by atoms with E-state index in [4.69, 9.17) is 11.6 Å². The molecule has 11 heavy (non-hydrogen) atoms. The zero-order chi connectivity index (χ0) is 8.27. The Morgan fingerprint density at radius 1 is 1.45 bits per heavy atom. The fourth-order valence-electron chi connectivity index (χ4n) is 1.00. The van der Waals surface area contributed by atoms with Crippen LogP contribution < -0.4 is 0 Å². The van der Waals surface area contributed by atoms with Crippen LogP contribution >= 0.6 is 27.5 Å². The van der Waals surface area contributed by atoms with Gasteiger partial charge in [0, 0.05) is 10.4 Å². The summed E-state index contributed by atoms with van der Waals surface area (Å²) >= 11 is 9.16. The van der Waals surface area contributed by atoms with E-state index < -0.39 is 0 Å². The Labute approximate surface area is 80.7 Å². The molecule has 0 unspecified atom stereocenters. The number of aryl methyl sites for hydroxylation is 2. The lowest BCUT2D eigenvalue weighted by atomic mass is 10.1. The maximum Gasteiger partial charge on any atom is 0.0264 e. The molecule has 60 valence electrons. The summed E-state index contributed by atoms with van der Waals surface area (Å²) in [6, 6.07) is 6.24. The minimum Gasteiger partial charge on any atom is -0.126 e. The second-order valence-corrected chi connectivity index (χ2v) is 3.66. The van der Waals surface area contributed by atoms with Gasteiger partial charge in [0.15, 0.2) is 0 Å². The van der Waals surface area contributed by atoms with E-state index in [2.05, 4.69) is 41.1 Å². The standard InChI is InChI=1S/C9H10BrCl/c1-7-3-2-4-8(5-6-11)9(7)10/h2-4H,5-6H2,1H3. The van der Waals surface area contributed by atoms with Crippen LogP contribution in [0.5, 0.6) is 0 Å². The fourth-order valence-corrected chi connectivity index (χ4v) is 1.67. The fraction of sp³-hybridized carbons (Fsp3) is 0.333. The van der Waals surface area contributed by atoms with E-state index in [1.54, 1.807) is 0 Å². The van der Waals surface area contributed by atoms with Crippen molar-refractivity contribution in [3.63, 3.8) is 0 Å². The SMILES string of the molecule is Cc1cccc(CCCl)c1Br. The monoisotopic (exact) mass is 232 g/mol. The van der Waals surface area contributed by atoms with Gasteiger partial charge in [-0.2, -0.15) is 0 Å². The van der Waals surface area contributed by atoms with Crippen LogP contribution in [0, 0.1) is 6.92 Å². The van der Waals surface area contributed by atoms with Crippen LogP contribution in [-0.4, -0.2) is 5.88 Å². The van der Waals surface area contributed by atoms with Gasteiger partial charge in [-0.1, -0.05) is 34.1 Å². The van der Waals surface area contributed by atoms with Gasteiger partial charge in [-0.3, -0.25) is 0 Å². The molecule has 0 nitrogen and oxygen atoms in total. The first kappa shape index (κ1) is 9.08. The maximum absolute atomic E-state index is 5.64. The smallest absolute Gasteiger partial charge is 0.0264 e. The summed E-state index contributed by atoms with van der Waals surface area (Å²) in [4.78, 5) is 0. The molecule has 0 aliphatic carbocycles. The third-order valence-electron chi connectivity index (χ3n) is 1.64. The van der Waals surface area contributed by atoms with Crippen molar-refractivity contribution in [2.75, 3.05) is 5.88 Å². The minimum atomic E-state index is 0.683. The molecule has 0 heterocycles. The van der Waals surface area contributed by atoms with Gasteiger partial charge >= 0.3 is 0 Å². The topological polar surface area (TPSA) is 0 Å². The predicted octanol–water partition coefficient (Wildman–Crippen LogP) is 3.54. The largest absolute Gasteiger partial charge is 0.126 e. The average molecular weight is 234 g/mol. The van der Waals surface area contributed by atoms with Gasteiger partial charge < -0.3 is 0 Å². The van der Waals surface area contributed by atoms with Crippen molar-refractivity contribution in [3.8, 4) is 0 Å². The highest BCUT2D eigenvalue weighted by Gasteiger charge is 1.99. The Morgan fingerprint density at radius 2 is 2.18 bits per heavy atom. The van der Waals surface area contributed by atoms with Gasteiger partial charge in [0.2, 0.25) is 0 Å². The van der Waals surface area contributed by atoms with Crippen molar-refractivity contribution >= 4 is 27.5 Å². The van der Waals surface area contributed by atoms with Crippen LogP contribution in [0.4, 0.5) is 0 Å². The first-order valence-electron chi connectivity index (χ1n) is 3.55. The molecule has 0 fully saturated rings. The Hall–Kier alpha value is -0.0100. The van der Waals surface area contributed by atoms with E-state index in [0.29, 0.717) is 5.88 Å². The summed E-state index contributed by atoms with van der Waals surface area (Å²) in [5.74, 6) is 0.683. The number of hydrogen-bond acceptors (Lipinski definition) is 0. The van der Waals surface area contributed by atoms with Gasteiger partial charge in [-0.05, 0) is 24.5 Å². The van der Waals surface area contributed by atoms with Gasteiger partial charge in [0.05, 0.1) is 0 Å². The van der Waals surface area contributed by atoms with E-state index in [0.717, 1.165) is 6.42 Å². The van der Waals surface area contributed by atoms with E-state index in [9.17, 15) is 0 Å². The lowest BCUT2D eigenvalue weighted by molar-refractivity contribution is 1.12. The highest BCUT2D eigenvalue weighted by atomic mass is 79.9. The van der Waals surface area contributed by atoms with E-state index in [1.165, 1.54) is 15.6 Å². The van der Waals surface area contributed by atoms with Crippen LogP contribution in [0.3, 0.4) is 0 Å². The molecule has 0 aliphatic heterocycles. The Balaban J connectivity index is 2.96. The van der Waals surface area contributed by atoms with E-state index in [-0.39, 0.29) is 0 Å². The normalized spacial score (nSPS) is 10.1. The Kier molecular flexibility index (Phi) is 3.41. The van der Waals surface area contributed by atoms with E-state index in [1.807, 2.05) is 0 Å². The summed E-state index contributed by atoms with van der Waals surface area (Å²) in [6.07, 6.45) is 0.934. The Morgan fingerprint density at radius 3 is 2.82 bits per heavy atom. The first-order chi connectivity index (χ1) is 5.25. The van der Waals surface area contributed by atoms with Crippen molar-refractivity contribution in [1.82, 2.24) is 0 Å². The molecule has 0 spiro atoms. The summed E-state index contributed by atoms with van der Waals surface area (Å²) in [6.45, 7) is 2.09. The predicted molar refractivity (Wildman–Crippen MR) is 53.3 cm³/mol. The van der Waals surface area contributed by atoms with Crippen LogP contribution in [0.2, 0.25) is 0 Å². The molecule has 0 saturated carbocycles. The molecule has 0 saturated heterocycles. The molecule has 0 bridgehead atoms. The number of alkyl halides is 1. The zero-order valence-corrected chi connectivity index (χ0v) is 8.74. The lowest BCUT2D eigenvalue weighted by Crippen LogP contribution is -1.89. The van der Waals surface area contributed by atoms with Crippen LogP contribution in [0.25, 0.3) is 0 Å². The van der Waals surface area contributed by atoms with Crippen LogP contribution in [0.1, 0.15) is 11.1 Å². The number of halogens is 2. The lowest BCUT2D eigenvalue weighted by Gasteiger charge is -2.03. The third kappa shape index (κ3) is 2.21. The second kappa shape index (κ2) is 4.13. The number of benzene rings is 1. The minimum absolute atomic E-state index is 0.683. The highest BCUT2D eigenvalue weighted by Crippen LogP contribution is 2.21. The molecule has 0 atom stereocenters. The van der Waals surface area contributed by atoms with Crippen molar-refractivity contribution < 1.29 is 0 Å². The van der Waals surface area contributed by atoms with Crippen molar-refractivity contribution in [3.05, 3.63) is 33.8 Å². The summed E-state index contributed by atoms with van der Waals surface area (Å²) < 4.78 is 1.20. The molecule has 0 aromatic heterocycles. The summed E-state index contributed by atoms with van der Waals surface area (Å²) in [7, 11) is 0. The molecule has 1 aromatic carbocycles. The van der Waals surface area contributed by atoms with Gasteiger partial charge in [-0.15, -0.1) is 11.6 Å². The first-order valence-corrected chi connectivity index (χ1v) is 4.88. The van der Waals surface area contributed by atoms with Gasteiger partial charge in [-0.25, -0.2) is 0 Å². The zero-order valence-electron chi connectivity index (χ0n) is 6.40. The van der Waals surface area contributed by atoms with Crippen molar-refractivity contribution in [1.29, 1.82) is 0 Å². The van der Waals surface area contributed by atoms with Crippen LogP contribution in [0.15, 0.2) is 22.7 Å². The molecule has 0 N–H and O–H groups in total. The number of rotatable bonds is 2. The Bertz CT molecular complexity index is 245. The summed E-state index contributed by atoms with van der Waals surface area (Å²) in [5.41, 5.74) is 2.56. The molecule has 0 amide bonds. The third-order valence-corrected chi connectivity index (χ3v) is 2.96. The molecule has 0 aliphatic rings. The second-order valence-electron chi connectivity index (χ2n) is 2.49. The molecular formula is C9H10BrCl. The molecule has 0 radical (unpaired) electrons.